The minimum atomic E-state index is -0.0106. The van der Waals surface area contributed by atoms with Crippen LogP contribution in [0.5, 0.6) is 0 Å². The molecule has 0 radical (unpaired) electrons. The van der Waals surface area contributed by atoms with Gasteiger partial charge in [0.2, 0.25) is 0 Å². The highest BCUT2D eigenvalue weighted by Gasteiger charge is 2.24. The third kappa shape index (κ3) is 5.17. The first-order valence-electron chi connectivity index (χ1n) is 10.5. The predicted molar refractivity (Wildman–Crippen MR) is 117 cm³/mol. The first-order valence-corrected chi connectivity index (χ1v) is 11.3. The van der Waals surface area contributed by atoms with Gasteiger partial charge < -0.3 is 9.73 Å². The zero-order valence-electron chi connectivity index (χ0n) is 16.7. The Labute approximate surface area is 176 Å². The van der Waals surface area contributed by atoms with Crippen molar-refractivity contribution in [1.82, 2.24) is 10.2 Å². The molecule has 0 aliphatic carbocycles. The van der Waals surface area contributed by atoms with E-state index in [0.29, 0.717) is 6.54 Å². The maximum absolute atomic E-state index is 13.1. The van der Waals surface area contributed by atoms with Crippen molar-refractivity contribution >= 4 is 17.2 Å². The van der Waals surface area contributed by atoms with Crippen molar-refractivity contribution in [3.05, 3.63) is 81.9 Å². The number of amides is 1. The molecule has 1 atom stereocenters. The molecule has 1 amide bonds. The summed E-state index contributed by atoms with van der Waals surface area (Å²) in [5.41, 5.74) is 1.83. The minimum absolute atomic E-state index is 0.0106. The fourth-order valence-electron chi connectivity index (χ4n) is 4.08. The number of nitrogens with one attached hydrogen (secondary N) is 1. The summed E-state index contributed by atoms with van der Waals surface area (Å²) in [7, 11) is 0. The van der Waals surface area contributed by atoms with E-state index >= 15 is 0 Å². The fraction of sp³-hybridized carbons (Fsp3) is 0.375. The second-order valence-corrected chi connectivity index (χ2v) is 8.64. The first-order chi connectivity index (χ1) is 14.3. The van der Waals surface area contributed by atoms with Crippen LogP contribution < -0.4 is 5.32 Å². The number of benzene rings is 1. The van der Waals surface area contributed by atoms with Crippen LogP contribution in [-0.2, 0) is 6.42 Å². The average Bonchev–Trinajstić information content (AvgIpc) is 3.39. The maximum Gasteiger partial charge on any atom is 0.251 e. The summed E-state index contributed by atoms with van der Waals surface area (Å²) < 4.78 is 5.73. The van der Waals surface area contributed by atoms with E-state index in [9.17, 15) is 4.79 Å². The number of thiophene rings is 1. The van der Waals surface area contributed by atoms with Crippen LogP contribution in [0.1, 0.15) is 58.3 Å². The van der Waals surface area contributed by atoms with Gasteiger partial charge in [-0.3, -0.25) is 9.69 Å². The van der Waals surface area contributed by atoms with E-state index in [1.54, 1.807) is 17.6 Å². The second kappa shape index (κ2) is 9.90. The molecule has 4 nitrogen and oxygen atoms in total. The van der Waals surface area contributed by atoms with Crippen molar-refractivity contribution in [3.63, 3.8) is 0 Å². The van der Waals surface area contributed by atoms with Crippen LogP contribution in [-0.4, -0.2) is 30.4 Å². The van der Waals surface area contributed by atoms with Gasteiger partial charge in [0, 0.05) is 23.4 Å². The standard InChI is InChI=1S/C24H28N2O2S/c27-24(21-11-4-3-9-19(21)17-20-10-8-16-29-20)25-18-22(23-12-7-15-28-23)26-13-5-1-2-6-14-26/h3-4,7-12,15-16,22H,1-2,5-6,13-14,17-18H2,(H,25,27). The fourth-order valence-corrected chi connectivity index (χ4v) is 4.81. The van der Waals surface area contributed by atoms with Crippen LogP contribution in [0.3, 0.4) is 0 Å². The molecular weight excluding hydrogens is 380 g/mol. The van der Waals surface area contributed by atoms with E-state index in [4.69, 9.17) is 4.42 Å². The smallest absolute Gasteiger partial charge is 0.251 e. The number of carbonyl (C=O) groups is 1. The zero-order chi connectivity index (χ0) is 19.9. The molecule has 2 aromatic heterocycles. The Bertz CT molecular complexity index is 882. The van der Waals surface area contributed by atoms with Gasteiger partial charge in [-0.15, -0.1) is 11.3 Å². The van der Waals surface area contributed by atoms with Gasteiger partial charge in [-0.2, -0.15) is 0 Å². The summed E-state index contributed by atoms with van der Waals surface area (Å²) in [5.74, 6) is 0.919. The van der Waals surface area contributed by atoms with Crippen molar-refractivity contribution in [1.29, 1.82) is 0 Å². The summed E-state index contributed by atoms with van der Waals surface area (Å²) in [6.45, 7) is 2.66. The number of likely N-dealkylation sites (tertiary alicyclic amines) is 1. The molecule has 0 spiro atoms. The van der Waals surface area contributed by atoms with E-state index in [1.165, 1.54) is 30.6 Å². The summed E-state index contributed by atoms with van der Waals surface area (Å²) in [6.07, 6.45) is 7.48. The van der Waals surface area contributed by atoms with Gasteiger partial charge in [0.05, 0.1) is 12.3 Å². The van der Waals surface area contributed by atoms with Crippen molar-refractivity contribution in [2.45, 2.75) is 38.1 Å². The molecule has 0 saturated carbocycles. The van der Waals surface area contributed by atoms with Crippen LogP contribution in [0.2, 0.25) is 0 Å². The average molecular weight is 409 g/mol. The molecule has 1 aromatic carbocycles. The van der Waals surface area contributed by atoms with E-state index in [1.807, 2.05) is 36.4 Å². The first kappa shape index (κ1) is 19.9. The summed E-state index contributed by atoms with van der Waals surface area (Å²) in [4.78, 5) is 16.8. The Hall–Kier alpha value is -2.37. The molecule has 1 aliphatic rings. The van der Waals surface area contributed by atoms with Crippen molar-refractivity contribution in [2.75, 3.05) is 19.6 Å². The Balaban J connectivity index is 1.47. The van der Waals surface area contributed by atoms with Crippen molar-refractivity contribution < 1.29 is 9.21 Å². The number of furan rings is 1. The number of hydrogen-bond donors (Lipinski definition) is 1. The Morgan fingerprint density at radius 3 is 2.59 bits per heavy atom. The van der Waals surface area contributed by atoms with Gasteiger partial charge in [-0.25, -0.2) is 0 Å². The molecule has 0 bridgehead atoms. The normalized spacial score (nSPS) is 16.3. The van der Waals surface area contributed by atoms with Crippen LogP contribution in [0.4, 0.5) is 0 Å². The van der Waals surface area contributed by atoms with Gasteiger partial charge in [0.15, 0.2) is 0 Å². The monoisotopic (exact) mass is 408 g/mol. The molecule has 1 N–H and O–H groups in total. The van der Waals surface area contributed by atoms with Crippen LogP contribution in [0, 0.1) is 0 Å². The summed E-state index contributed by atoms with van der Waals surface area (Å²) >= 11 is 1.72. The number of nitrogens with zero attached hydrogens (tertiary/aromatic N) is 1. The Morgan fingerprint density at radius 2 is 1.86 bits per heavy atom. The van der Waals surface area contributed by atoms with Gasteiger partial charge in [0.25, 0.3) is 5.91 Å². The minimum Gasteiger partial charge on any atom is -0.468 e. The van der Waals surface area contributed by atoms with Gasteiger partial charge in [-0.1, -0.05) is 37.1 Å². The largest absolute Gasteiger partial charge is 0.468 e. The van der Waals surface area contributed by atoms with Crippen LogP contribution in [0.15, 0.2) is 64.6 Å². The molecule has 152 valence electrons. The lowest BCUT2D eigenvalue weighted by Gasteiger charge is -2.29. The molecule has 5 heteroatoms. The predicted octanol–water partition coefficient (Wildman–Crippen LogP) is 5.28. The van der Waals surface area contributed by atoms with Crippen molar-refractivity contribution in [2.24, 2.45) is 0 Å². The highest BCUT2D eigenvalue weighted by Crippen LogP contribution is 2.25. The lowest BCUT2D eigenvalue weighted by atomic mass is 10.0. The molecule has 1 aliphatic heterocycles. The molecule has 1 fully saturated rings. The lowest BCUT2D eigenvalue weighted by molar-refractivity contribution is 0.0926. The van der Waals surface area contributed by atoms with Gasteiger partial charge in [0.1, 0.15) is 5.76 Å². The highest BCUT2D eigenvalue weighted by molar-refractivity contribution is 7.09. The molecule has 1 saturated heterocycles. The number of hydrogen-bond acceptors (Lipinski definition) is 4. The van der Waals surface area contributed by atoms with Crippen LogP contribution in [0.25, 0.3) is 0 Å². The van der Waals surface area contributed by atoms with Gasteiger partial charge in [-0.05, 0) is 61.1 Å². The molecule has 1 unspecified atom stereocenters. The third-order valence-corrected chi connectivity index (χ3v) is 6.49. The SMILES string of the molecule is O=C(NCC(c1ccco1)N1CCCCCC1)c1ccccc1Cc1cccs1. The third-order valence-electron chi connectivity index (χ3n) is 5.62. The topological polar surface area (TPSA) is 45.5 Å². The second-order valence-electron chi connectivity index (χ2n) is 7.60. The van der Waals surface area contributed by atoms with E-state index in [2.05, 4.69) is 27.7 Å². The zero-order valence-corrected chi connectivity index (χ0v) is 17.5. The maximum atomic E-state index is 13.1. The molecule has 4 rings (SSSR count). The van der Waals surface area contributed by atoms with E-state index in [0.717, 1.165) is 36.4 Å². The van der Waals surface area contributed by atoms with E-state index < -0.39 is 0 Å². The quantitative estimate of drug-likeness (QED) is 0.579. The van der Waals surface area contributed by atoms with Crippen molar-refractivity contribution in [3.8, 4) is 0 Å². The highest BCUT2D eigenvalue weighted by atomic mass is 32.1. The number of rotatable bonds is 7. The summed E-state index contributed by atoms with van der Waals surface area (Å²) in [5, 5.41) is 5.26. The number of carbonyl (C=O) groups excluding carboxylic acids is 1. The van der Waals surface area contributed by atoms with Crippen LogP contribution >= 0.6 is 11.3 Å². The summed E-state index contributed by atoms with van der Waals surface area (Å²) in [6, 6.07) is 16.1. The molecule has 3 aromatic rings. The lowest BCUT2D eigenvalue weighted by Crippen LogP contribution is -2.38. The molecular formula is C24H28N2O2S. The Kier molecular flexibility index (Phi) is 6.80. The molecule has 29 heavy (non-hydrogen) atoms. The van der Waals surface area contributed by atoms with Gasteiger partial charge >= 0.3 is 0 Å². The van der Waals surface area contributed by atoms with E-state index in [-0.39, 0.29) is 11.9 Å². The Morgan fingerprint density at radius 1 is 1.03 bits per heavy atom. The molecule has 3 heterocycles.